The van der Waals surface area contributed by atoms with Gasteiger partial charge in [-0.1, -0.05) is 12.8 Å². The molecule has 0 amide bonds. The Labute approximate surface area is 121 Å². The largest absolute Gasteiger partial charge is 0.391 e. The topological polar surface area (TPSA) is 44.5 Å². The molecule has 0 spiro atoms. The number of piperazine rings is 1. The van der Waals surface area contributed by atoms with Crippen LogP contribution in [0.2, 0.25) is 0 Å². The summed E-state index contributed by atoms with van der Waals surface area (Å²) in [6, 6.07) is 0.822. The average Bonchev–Trinajstić information content (AvgIpc) is 3.06. The molecule has 1 aromatic heterocycles. The summed E-state index contributed by atoms with van der Waals surface area (Å²) in [5, 5.41) is 14.0. The van der Waals surface area contributed by atoms with Gasteiger partial charge in [0.1, 0.15) is 5.82 Å². The zero-order chi connectivity index (χ0) is 14.1. The third-order valence-corrected chi connectivity index (χ3v) is 4.93. The van der Waals surface area contributed by atoms with Gasteiger partial charge in [0.15, 0.2) is 0 Å². The molecular formula is C15H26N4O. The van der Waals surface area contributed by atoms with Gasteiger partial charge >= 0.3 is 0 Å². The van der Waals surface area contributed by atoms with Gasteiger partial charge in [-0.3, -0.25) is 9.58 Å². The number of aliphatic hydroxyl groups excluding tert-OH is 1. The summed E-state index contributed by atoms with van der Waals surface area (Å²) >= 11 is 0. The Bertz CT molecular complexity index is 457. The van der Waals surface area contributed by atoms with Crippen molar-refractivity contribution in [1.82, 2.24) is 14.7 Å². The Morgan fingerprint density at radius 1 is 1.15 bits per heavy atom. The maximum absolute atomic E-state index is 9.58. The zero-order valence-corrected chi connectivity index (χ0v) is 12.7. The highest BCUT2D eigenvalue weighted by Crippen LogP contribution is 2.27. The van der Waals surface area contributed by atoms with Crippen LogP contribution in [0.4, 0.5) is 5.82 Å². The third-order valence-electron chi connectivity index (χ3n) is 4.93. The number of rotatable bonds is 3. The van der Waals surface area contributed by atoms with Crippen molar-refractivity contribution in [2.24, 2.45) is 7.05 Å². The summed E-state index contributed by atoms with van der Waals surface area (Å²) in [5.41, 5.74) is 1.94. The molecule has 1 N–H and O–H groups in total. The number of aryl methyl sites for hydroxylation is 2. The lowest BCUT2D eigenvalue weighted by Gasteiger charge is -2.39. The van der Waals surface area contributed by atoms with Crippen molar-refractivity contribution in [3.63, 3.8) is 0 Å². The molecule has 20 heavy (non-hydrogen) atoms. The number of hydrogen-bond acceptors (Lipinski definition) is 4. The van der Waals surface area contributed by atoms with Crippen LogP contribution in [0.15, 0.2) is 0 Å². The van der Waals surface area contributed by atoms with Crippen LogP contribution in [0, 0.1) is 6.92 Å². The van der Waals surface area contributed by atoms with Gasteiger partial charge in [-0.05, 0) is 19.8 Å². The zero-order valence-electron chi connectivity index (χ0n) is 12.7. The lowest BCUT2D eigenvalue weighted by molar-refractivity contribution is 0.186. The molecule has 1 aliphatic heterocycles. The highest BCUT2D eigenvalue weighted by Gasteiger charge is 2.28. The molecule has 0 unspecified atom stereocenters. The maximum Gasteiger partial charge on any atom is 0.132 e. The summed E-state index contributed by atoms with van der Waals surface area (Å²) in [7, 11) is 1.98. The maximum atomic E-state index is 9.58. The minimum atomic E-state index is 0.0812. The number of hydrogen-bond donors (Lipinski definition) is 1. The van der Waals surface area contributed by atoms with Crippen LogP contribution in [0.3, 0.4) is 0 Å². The van der Waals surface area contributed by atoms with Crippen molar-refractivity contribution in [3.8, 4) is 0 Å². The Hall–Kier alpha value is -1.07. The molecule has 5 nitrogen and oxygen atoms in total. The highest BCUT2D eigenvalue weighted by atomic mass is 16.3. The minimum Gasteiger partial charge on any atom is -0.391 e. The molecule has 0 atom stereocenters. The van der Waals surface area contributed by atoms with Gasteiger partial charge < -0.3 is 10.0 Å². The SMILES string of the molecule is Cc1nn(C)c(N2CCN(C3CCCC3)CC2)c1CO. The average molecular weight is 278 g/mol. The van der Waals surface area contributed by atoms with E-state index in [9.17, 15) is 5.11 Å². The minimum absolute atomic E-state index is 0.0812. The fraction of sp³-hybridized carbons (Fsp3) is 0.800. The smallest absolute Gasteiger partial charge is 0.132 e. The van der Waals surface area contributed by atoms with Crippen LogP contribution in [0.25, 0.3) is 0 Å². The van der Waals surface area contributed by atoms with Crippen LogP contribution in [0.5, 0.6) is 0 Å². The number of nitrogens with zero attached hydrogens (tertiary/aromatic N) is 4. The molecule has 1 saturated carbocycles. The van der Waals surface area contributed by atoms with E-state index >= 15 is 0 Å². The van der Waals surface area contributed by atoms with E-state index in [0.29, 0.717) is 0 Å². The van der Waals surface area contributed by atoms with Crippen molar-refractivity contribution in [2.75, 3.05) is 31.1 Å². The molecule has 5 heteroatoms. The van der Waals surface area contributed by atoms with Crippen molar-refractivity contribution in [1.29, 1.82) is 0 Å². The normalized spacial score (nSPS) is 21.9. The number of aromatic nitrogens is 2. The van der Waals surface area contributed by atoms with Gasteiger partial charge in [0.2, 0.25) is 0 Å². The second-order valence-electron chi connectivity index (χ2n) is 6.13. The first-order valence-electron chi connectivity index (χ1n) is 7.83. The second kappa shape index (κ2) is 5.74. The van der Waals surface area contributed by atoms with Gasteiger partial charge in [0.25, 0.3) is 0 Å². The van der Waals surface area contributed by atoms with E-state index in [-0.39, 0.29) is 6.61 Å². The monoisotopic (exact) mass is 278 g/mol. The molecule has 1 aromatic rings. The molecule has 1 saturated heterocycles. The summed E-state index contributed by atoms with van der Waals surface area (Å²) in [6.07, 6.45) is 5.57. The summed E-state index contributed by atoms with van der Waals surface area (Å²) < 4.78 is 1.92. The predicted molar refractivity (Wildman–Crippen MR) is 79.9 cm³/mol. The number of aliphatic hydroxyl groups is 1. The fourth-order valence-corrected chi connectivity index (χ4v) is 3.84. The molecular weight excluding hydrogens is 252 g/mol. The van der Waals surface area contributed by atoms with E-state index in [1.807, 2.05) is 18.7 Å². The van der Waals surface area contributed by atoms with Gasteiger partial charge in [-0.25, -0.2) is 0 Å². The van der Waals surface area contributed by atoms with Gasteiger partial charge in [0, 0.05) is 44.8 Å². The summed E-state index contributed by atoms with van der Waals surface area (Å²) in [4.78, 5) is 5.04. The standard InChI is InChI=1S/C15H26N4O/c1-12-14(11-20)15(17(2)16-12)19-9-7-18(8-10-19)13-5-3-4-6-13/h13,20H,3-11H2,1-2H3. The molecule has 3 rings (SSSR count). The van der Waals surface area contributed by atoms with E-state index in [1.165, 1.54) is 25.7 Å². The van der Waals surface area contributed by atoms with E-state index in [4.69, 9.17) is 0 Å². The van der Waals surface area contributed by atoms with Crippen LogP contribution in [0.1, 0.15) is 36.9 Å². The third kappa shape index (κ3) is 2.44. The Balaban J connectivity index is 1.68. The van der Waals surface area contributed by atoms with Crippen LogP contribution >= 0.6 is 0 Å². The molecule has 2 fully saturated rings. The first kappa shape index (κ1) is 13.9. The molecule has 112 valence electrons. The van der Waals surface area contributed by atoms with Crippen molar-refractivity contribution in [2.45, 2.75) is 45.3 Å². The first-order chi connectivity index (χ1) is 9.70. The van der Waals surface area contributed by atoms with E-state index < -0.39 is 0 Å². The van der Waals surface area contributed by atoms with Gasteiger partial charge in [-0.15, -0.1) is 0 Å². The summed E-state index contributed by atoms with van der Waals surface area (Å²) in [5.74, 6) is 1.11. The van der Waals surface area contributed by atoms with E-state index in [1.54, 1.807) is 0 Å². The highest BCUT2D eigenvalue weighted by molar-refractivity contribution is 5.50. The van der Waals surface area contributed by atoms with E-state index in [0.717, 1.165) is 49.3 Å². The number of anilines is 1. The fourth-order valence-electron chi connectivity index (χ4n) is 3.84. The first-order valence-corrected chi connectivity index (χ1v) is 7.83. The summed E-state index contributed by atoms with van der Waals surface area (Å²) in [6.45, 7) is 6.42. The molecule has 0 bridgehead atoms. The van der Waals surface area contributed by atoms with E-state index in [2.05, 4.69) is 14.9 Å². The van der Waals surface area contributed by atoms with Crippen LogP contribution in [-0.4, -0.2) is 52.0 Å². The van der Waals surface area contributed by atoms with Crippen LogP contribution in [-0.2, 0) is 13.7 Å². The lowest BCUT2D eigenvalue weighted by atomic mass is 10.1. The quantitative estimate of drug-likeness (QED) is 0.905. The van der Waals surface area contributed by atoms with Crippen molar-refractivity contribution >= 4 is 5.82 Å². The molecule has 0 aromatic carbocycles. The Morgan fingerprint density at radius 2 is 1.80 bits per heavy atom. The van der Waals surface area contributed by atoms with Gasteiger partial charge in [0.05, 0.1) is 12.3 Å². The predicted octanol–water partition coefficient (Wildman–Crippen LogP) is 1.29. The second-order valence-corrected chi connectivity index (χ2v) is 6.13. The van der Waals surface area contributed by atoms with Gasteiger partial charge in [-0.2, -0.15) is 5.10 Å². The van der Waals surface area contributed by atoms with Crippen molar-refractivity contribution in [3.05, 3.63) is 11.3 Å². The lowest BCUT2D eigenvalue weighted by Crippen LogP contribution is -2.50. The van der Waals surface area contributed by atoms with Crippen LogP contribution < -0.4 is 4.90 Å². The Morgan fingerprint density at radius 3 is 2.40 bits per heavy atom. The molecule has 1 aliphatic carbocycles. The van der Waals surface area contributed by atoms with Crippen molar-refractivity contribution < 1.29 is 5.11 Å². The molecule has 0 radical (unpaired) electrons. The molecule has 2 heterocycles. The Kier molecular flexibility index (Phi) is 3.98. The molecule has 2 aliphatic rings.